The lowest BCUT2D eigenvalue weighted by atomic mass is 10.1. The molecule has 1 aromatic heterocycles. The first kappa shape index (κ1) is 18.8. The van der Waals surface area contributed by atoms with Crippen LogP contribution in [0.3, 0.4) is 0 Å². The van der Waals surface area contributed by atoms with E-state index in [0.29, 0.717) is 19.7 Å². The fourth-order valence-electron chi connectivity index (χ4n) is 3.01. The van der Waals surface area contributed by atoms with E-state index in [1.807, 2.05) is 32.2 Å². The Bertz CT molecular complexity index is 945. The van der Waals surface area contributed by atoms with Gasteiger partial charge in [-0.1, -0.05) is 24.3 Å². The van der Waals surface area contributed by atoms with E-state index in [4.69, 9.17) is 4.74 Å². The Morgan fingerprint density at radius 3 is 2.67 bits per heavy atom. The summed E-state index contributed by atoms with van der Waals surface area (Å²) in [6.45, 7) is 5.94. The summed E-state index contributed by atoms with van der Waals surface area (Å²) in [5, 5.41) is 6.68. The van der Waals surface area contributed by atoms with Crippen LogP contribution in [0.15, 0.2) is 47.5 Å². The zero-order valence-electron chi connectivity index (χ0n) is 16.4. The van der Waals surface area contributed by atoms with Crippen molar-refractivity contribution >= 4 is 17.0 Å². The second-order valence-corrected chi connectivity index (χ2v) is 6.40. The highest BCUT2D eigenvalue weighted by atomic mass is 16.5. The minimum Gasteiger partial charge on any atom is -0.494 e. The smallest absolute Gasteiger partial charge is 0.191 e. The summed E-state index contributed by atoms with van der Waals surface area (Å²) in [4.78, 5) is 8.99. The summed E-state index contributed by atoms with van der Waals surface area (Å²) in [5.74, 6) is 2.60. The topological polar surface area (TPSA) is 63.5 Å². The number of para-hydroxylation sites is 2. The number of ether oxygens (including phenoxy) is 1. The molecule has 0 radical (unpaired) electrons. The number of nitrogens with one attached hydrogen (secondary N) is 2. The summed E-state index contributed by atoms with van der Waals surface area (Å²) in [6, 6.07) is 14.4. The molecule has 2 N–H and O–H groups in total. The Morgan fingerprint density at radius 1 is 1.15 bits per heavy atom. The van der Waals surface area contributed by atoms with Crippen LogP contribution in [0.1, 0.15) is 23.9 Å². The van der Waals surface area contributed by atoms with Gasteiger partial charge in [0, 0.05) is 26.2 Å². The largest absolute Gasteiger partial charge is 0.494 e. The number of aliphatic imine (C=N–C) groups is 1. The molecular weight excluding hydrogens is 338 g/mol. The SMILES string of the molecule is CCOc1cc(C)ccc1CNC(=NC)NCc1nc2ccccc2n1C. The van der Waals surface area contributed by atoms with Crippen LogP contribution in [-0.2, 0) is 20.1 Å². The van der Waals surface area contributed by atoms with Crippen molar-refractivity contribution in [3.8, 4) is 5.75 Å². The lowest BCUT2D eigenvalue weighted by Gasteiger charge is -2.15. The van der Waals surface area contributed by atoms with Crippen molar-refractivity contribution < 1.29 is 4.74 Å². The second-order valence-electron chi connectivity index (χ2n) is 6.40. The monoisotopic (exact) mass is 365 g/mol. The second kappa shape index (κ2) is 8.58. The van der Waals surface area contributed by atoms with Gasteiger partial charge < -0.3 is 19.9 Å². The summed E-state index contributed by atoms with van der Waals surface area (Å²) in [5.41, 5.74) is 4.42. The van der Waals surface area contributed by atoms with Crippen molar-refractivity contribution in [3.63, 3.8) is 0 Å². The van der Waals surface area contributed by atoms with Crippen molar-refractivity contribution in [1.29, 1.82) is 0 Å². The fraction of sp³-hybridized carbons (Fsp3) is 0.333. The first-order chi connectivity index (χ1) is 13.1. The van der Waals surface area contributed by atoms with Crippen LogP contribution < -0.4 is 15.4 Å². The Balaban J connectivity index is 1.64. The summed E-state index contributed by atoms with van der Waals surface area (Å²) >= 11 is 0. The van der Waals surface area contributed by atoms with Crippen LogP contribution in [0.25, 0.3) is 11.0 Å². The number of aryl methyl sites for hydroxylation is 2. The molecule has 6 nitrogen and oxygen atoms in total. The van der Waals surface area contributed by atoms with Gasteiger partial charge in [-0.2, -0.15) is 0 Å². The van der Waals surface area contributed by atoms with E-state index in [1.165, 1.54) is 5.56 Å². The molecule has 142 valence electrons. The molecule has 0 atom stereocenters. The maximum absolute atomic E-state index is 5.75. The van der Waals surface area contributed by atoms with Crippen LogP contribution in [0.4, 0.5) is 0 Å². The standard InChI is InChI=1S/C21H27N5O/c1-5-27-19-12-15(2)10-11-16(19)13-23-21(22-3)24-14-20-25-17-8-6-7-9-18(17)26(20)4/h6-12H,5,13-14H2,1-4H3,(H2,22,23,24). The molecule has 2 aromatic carbocycles. The van der Waals surface area contributed by atoms with Gasteiger partial charge in [0.25, 0.3) is 0 Å². The number of guanidine groups is 1. The van der Waals surface area contributed by atoms with Crippen LogP contribution >= 0.6 is 0 Å². The van der Waals surface area contributed by atoms with Crippen LogP contribution in [0.2, 0.25) is 0 Å². The van der Waals surface area contributed by atoms with Gasteiger partial charge in [0.15, 0.2) is 5.96 Å². The maximum Gasteiger partial charge on any atom is 0.191 e. The lowest BCUT2D eigenvalue weighted by Crippen LogP contribution is -2.37. The van der Waals surface area contributed by atoms with E-state index < -0.39 is 0 Å². The van der Waals surface area contributed by atoms with Crippen molar-refractivity contribution in [2.45, 2.75) is 26.9 Å². The molecular formula is C21H27N5O. The van der Waals surface area contributed by atoms with Crippen molar-refractivity contribution in [2.75, 3.05) is 13.7 Å². The third-order valence-corrected chi connectivity index (χ3v) is 4.49. The minimum atomic E-state index is 0.594. The molecule has 0 bridgehead atoms. The fourth-order valence-corrected chi connectivity index (χ4v) is 3.01. The molecule has 1 heterocycles. The zero-order valence-corrected chi connectivity index (χ0v) is 16.4. The molecule has 0 amide bonds. The number of hydrogen-bond donors (Lipinski definition) is 2. The summed E-state index contributed by atoms with van der Waals surface area (Å²) in [7, 11) is 3.80. The molecule has 0 aliphatic carbocycles. The first-order valence-electron chi connectivity index (χ1n) is 9.19. The number of aromatic nitrogens is 2. The van der Waals surface area contributed by atoms with Gasteiger partial charge in [-0.3, -0.25) is 4.99 Å². The molecule has 0 saturated heterocycles. The summed E-state index contributed by atoms with van der Waals surface area (Å²) in [6.07, 6.45) is 0. The van der Waals surface area contributed by atoms with Gasteiger partial charge in [0.05, 0.1) is 24.2 Å². The Kier molecular flexibility index (Phi) is 5.96. The lowest BCUT2D eigenvalue weighted by molar-refractivity contribution is 0.336. The molecule has 6 heteroatoms. The third kappa shape index (κ3) is 4.39. The minimum absolute atomic E-state index is 0.594. The highest BCUT2D eigenvalue weighted by Gasteiger charge is 2.09. The van der Waals surface area contributed by atoms with E-state index in [1.54, 1.807) is 7.05 Å². The van der Waals surface area contributed by atoms with Crippen LogP contribution in [0.5, 0.6) is 5.75 Å². The van der Waals surface area contributed by atoms with Crippen LogP contribution in [0, 0.1) is 6.92 Å². The number of fused-ring (bicyclic) bond motifs is 1. The molecule has 3 rings (SSSR count). The molecule has 3 aromatic rings. The molecule has 0 aliphatic rings. The van der Waals surface area contributed by atoms with Gasteiger partial charge in [0.2, 0.25) is 0 Å². The predicted molar refractivity (Wildman–Crippen MR) is 110 cm³/mol. The van der Waals surface area contributed by atoms with Gasteiger partial charge in [-0.25, -0.2) is 4.98 Å². The molecule has 0 spiro atoms. The van der Waals surface area contributed by atoms with Gasteiger partial charge in [0.1, 0.15) is 11.6 Å². The van der Waals surface area contributed by atoms with Crippen molar-refractivity contribution in [1.82, 2.24) is 20.2 Å². The van der Waals surface area contributed by atoms with E-state index in [2.05, 4.69) is 56.4 Å². The third-order valence-electron chi connectivity index (χ3n) is 4.49. The van der Waals surface area contributed by atoms with E-state index >= 15 is 0 Å². The van der Waals surface area contributed by atoms with Gasteiger partial charge in [-0.05, 0) is 37.6 Å². The number of rotatable bonds is 6. The predicted octanol–water partition coefficient (Wildman–Crippen LogP) is 3.15. The summed E-state index contributed by atoms with van der Waals surface area (Å²) < 4.78 is 7.85. The number of hydrogen-bond acceptors (Lipinski definition) is 3. The van der Waals surface area contributed by atoms with Crippen LogP contribution in [-0.4, -0.2) is 29.2 Å². The Hall–Kier alpha value is -3.02. The van der Waals surface area contributed by atoms with E-state index in [0.717, 1.165) is 34.1 Å². The quantitative estimate of drug-likeness (QED) is 0.520. The normalized spacial score (nSPS) is 11.6. The number of imidazole rings is 1. The Morgan fingerprint density at radius 2 is 1.93 bits per heavy atom. The molecule has 0 unspecified atom stereocenters. The zero-order chi connectivity index (χ0) is 19.2. The number of nitrogens with zero attached hydrogens (tertiary/aromatic N) is 3. The van der Waals surface area contributed by atoms with E-state index in [-0.39, 0.29) is 0 Å². The van der Waals surface area contributed by atoms with Crippen molar-refractivity contribution in [2.24, 2.45) is 12.0 Å². The average molecular weight is 365 g/mol. The molecule has 0 saturated carbocycles. The molecule has 0 aliphatic heterocycles. The average Bonchev–Trinajstić information content (AvgIpc) is 3.00. The highest BCUT2D eigenvalue weighted by Crippen LogP contribution is 2.20. The molecule has 27 heavy (non-hydrogen) atoms. The first-order valence-corrected chi connectivity index (χ1v) is 9.19. The Labute approximate surface area is 160 Å². The highest BCUT2D eigenvalue weighted by molar-refractivity contribution is 5.80. The van der Waals surface area contributed by atoms with Gasteiger partial charge >= 0.3 is 0 Å². The molecule has 0 fully saturated rings. The number of benzene rings is 2. The maximum atomic E-state index is 5.75. The van der Waals surface area contributed by atoms with E-state index in [9.17, 15) is 0 Å². The van der Waals surface area contributed by atoms with Crippen molar-refractivity contribution in [3.05, 3.63) is 59.4 Å². The van der Waals surface area contributed by atoms with Gasteiger partial charge in [-0.15, -0.1) is 0 Å².